The van der Waals surface area contributed by atoms with Crippen molar-refractivity contribution < 1.29 is 19.8 Å². The summed E-state index contributed by atoms with van der Waals surface area (Å²) in [5.74, 6) is -2.14. The van der Waals surface area contributed by atoms with Crippen LogP contribution in [0.2, 0.25) is 0 Å². The summed E-state index contributed by atoms with van der Waals surface area (Å²) in [6, 6.07) is 0. The zero-order chi connectivity index (χ0) is 12.7. The Morgan fingerprint density at radius 2 is 1.81 bits per heavy atom. The molecule has 0 fully saturated rings. The van der Waals surface area contributed by atoms with Crippen LogP contribution in [0.1, 0.15) is 35.5 Å². The van der Waals surface area contributed by atoms with Crippen molar-refractivity contribution in [1.29, 1.82) is 0 Å². The van der Waals surface area contributed by atoms with Crippen LogP contribution < -0.4 is 0 Å². The van der Waals surface area contributed by atoms with Crippen LogP contribution in [0.5, 0.6) is 0 Å². The lowest BCUT2D eigenvalue weighted by Crippen LogP contribution is -2.32. The molecule has 88 valence electrons. The van der Waals surface area contributed by atoms with Gasteiger partial charge in [-0.2, -0.15) is 0 Å². The highest BCUT2D eigenvalue weighted by atomic mass is 16.4. The molecule has 16 heavy (non-hydrogen) atoms. The number of aromatic carboxylic acids is 1. The maximum Gasteiger partial charge on any atom is 0.337 e. The molecule has 0 spiro atoms. The first-order valence-corrected chi connectivity index (χ1v) is 4.82. The molecule has 0 aliphatic heterocycles. The minimum Gasteiger partial charge on any atom is -0.481 e. The molecule has 0 saturated heterocycles. The molecular formula is C11H15NO4. The summed E-state index contributed by atoms with van der Waals surface area (Å²) >= 11 is 0. The summed E-state index contributed by atoms with van der Waals surface area (Å²) in [6.45, 7) is 4.65. The molecule has 0 aliphatic carbocycles. The Labute approximate surface area is 93.3 Å². The Kier molecular flexibility index (Phi) is 2.81. The van der Waals surface area contributed by atoms with Gasteiger partial charge in [-0.05, 0) is 26.3 Å². The maximum absolute atomic E-state index is 11.2. The van der Waals surface area contributed by atoms with E-state index in [9.17, 15) is 9.59 Å². The SMILES string of the molecule is Cc1cn(C)c(C(C)(C)C(=O)O)c1C(=O)O. The summed E-state index contributed by atoms with van der Waals surface area (Å²) in [7, 11) is 1.65. The Hall–Kier alpha value is -1.78. The molecule has 0 radical (unpaired) electrons. The summed E-state index contributed by atoms with van der Waals surface area (Å²) in [6.07, 6.45) is 1.63. The molecular weight excluding hydrogens is 210 g/mol. The van der Waals surface area contributed by atoms with Crippen LogP contribution in [-0.2, 0) is 17.3 Å². The van der Waals surface area contributed by atoms with Gasteiger partial charge in [0.15, 0.2) is 0 Å². The van der Waals surface area contributed by atoms with Gasteiger partial charge in [-0.15, -0.1) is 0 Å². The molecule has 2 N–H and O–H groups in total. The van der Waals surface area contributed by atoms with E-state index in [1.807, 2.05) is 0 Å². The van der Waals surface area contributed by atoms with Crippen molar-refractivity contribution in [3.05, 3.63) is 23.0 Å². The van der Waals surface area contributed by atoms with Crippen LogP contribution in [0.4, 0.5) is 0 Å². The summed E-state index contributed by atoms with van der Waals surface area (Å²) in [5.41, 5.74) is -0.268. The molecule has 5 nitrogen and oxygen atoms in total. The van der Waals surface area contributed by atoms with Gasteiger partial charge in [-0.25, -0.2) is 4.79 Å². The molecule has 0 atom stereocenters. The fraction of sp³-hybridized carbons (Fsp3) is 0.455. The van der Waals surface area contributed by atoms with Crippen LogP contribution in [0.15, 0.2) is 6.20 Å². The van der Waals surface area contributed by atoms with Gasteiger partial charge in [-0.3, -0.25) is 4.79 Å². The highest BCUT2D eigenvalue weighted by molar-refractivity contribution is 5.94. The van der Waals surface area contributed by atoms with E-state index in [1.54, 1.807) is 24.7 Å². The summed E-state index contributed by atoms with van der Waals surface area (Å²) in [5, 5.41) is 18.2. The third-order valence-corrected chi connectivity index (χ3v) is 2.71. The number of aryl methyl sites for hydroxylation is 2. The first-order chi connectivity index (χ1) is 7.19. The third-order valence-electron chi connectivity index (χ3n) is 2.71. The molecule has 1 aromatic rings. The number of carboxylic acid groups (broad SMARTS) is 2. The maximum atomic E-state index is 11.2. The van der Waals surface area contributed by atoms with Gasteiger partial charge < -0.3 is 14.8 Å². The number of aromatic nitrogens is 1. The Balaban J connectivity index is 3.55. The monoisotopic (exact) mass is 225 g/mol. The van der Waals surface area contributed by atoms with Crippen LogP contribution >= 0.6 is 0 Å². The average Bonchev–Trinajstić information content (AvgIpc) is 2.40. The van der Waals surface area contributed by atoms with E-state index >= 15 is 0 Å². The van der Waals surface area contributed by atoms with Gasteiger partial charge in [0.1, 0.15) is 5.41 Å². The van der Waals surface area contributed by atoms with E-state index in [0.29, 0.717) is 11.3 Å². The predicted octanol–water partition coefficient (Wildman–Crippen LogP) is 1.39. The summed E-state index contributed by atoms with van der Waals surface area (Å²) in [4.78, 5) is 22.3. The normalized spacial score (nSPS) is 11.5. The van der Waals surface area contributed by atoms with Gasteiger partial charge in [0.05, 0.1) is 5.56 Å². The molecule has 0 unspecified atom stereocenters. The zero-order valence-electron chi connectivity index (χ0n) is 9.74. The largest absolute Gasteiger partial charge is 0.481 e. The highest BCUT2D eigenvalue weighted by Crippen LogP contribution is 2.29. The standard InChI is InChI=1S/C11H15NO4/c1-6-5-12(4)8(7(6)9(13)14)11(2,3)10(15)16/h5H,1-4H3,(H,13,14)(H,15,16). The summed E-state index contributed by atoms with van der Waals surface area (Å²) < 4.78 is 1.56. The minimum absolute atomic E-state index is 0.0786. The van der Waals surface area contributed by atoms with E-state index in [1.165, 1.54) is 13.8 Å². The van der Waals surface area contributed by atoms with Gasteiger partial charge in [0.25, 0.3) is 0 Å². The molecule has 0 aliphatic rings. The second-order valence-electron chi connectivity index (χ2n) is 4.38. The molecule has 1 aromatic heterocycles. The Bertz CT molecular complexity index is 457. The number of hydrogen-bond acceptors (Lipinski definition) is 2. The number of carbonyl (C=O) groups is 2. The second-order valence-corrected chi connectivity index (χ2v) is 4.38. The van der Waals surface area contributed by atoms with Crippen LogP contribution in [-0.4, -0.2) is 26.7 Å². The molecule has 5 heteroatoms. The van der Waals surface area contributed by atoms with Crippen molar-refractivity contribution in [2.45, 2.75) is 26.2 Å². The van der Waals surface area contributed by atoms with Crippen molar-refractivity contribution in [1.82, 2.24) is 4.57 Å². The molecule has 1 rings (SSSR count). The van der Waals surface area contributed by atoms with E-state index in [0.717, 1.165) is 0 Å². The Morgan fingerprint density at radius 1 is 1.31 bits per heavy atom. The van der Waals surface area contributed by atoms with Crippen molar-refractivity contribution >= 4 is 11.9 Å². The van der Waals surface area contributed by atoms with E-state index in [2.05, 4.69) is 0 Å². The quantitative estimate of drug-likeness (QED) is 0.814. The first kappa shape index (κ1) is 12.3. The minimum atomic E-state index is -1.23. The van der Waals surface area contributed by atoms with Crippen molar-refractivity contribution in [3.63, 3.8) is 0 Å². The van der Waals surface area contributed by atoms with Gasteiger partial charge in [-0.1, -0.05) is 0 Å². The van der Waals surface area contributed by atoms with Crippen LogP contribution in [0.25, 0.3) is 0 Å². The van der Waals surface area contributed by atoms with E-state index in [-0.39, 0.29) is 5.56 Å². The molecule has 0 aromatic carbocycles. The smallest absolute Gasteiger partial charge is 0.337 e. The lowest BCUT2D eigenvalue weighted by molar-refractivity contribution is -0.142. The average molecular weight is 225 g/mol. The highest BCUT2D eigenvalue weighted by Gasteiger charge is 2.37. The molecule has 0 bridgehead atoms. The number of aliphatic carboxylic acids is 1. The van der Waals surface area contributed by atoms with Crippen molar-refractivity contribution in [3.8, 4) is 0 Å². The fourth-order valence-electron chi connectivity index (χ4n) is 1.91. The molecule has 0 amide bonds. The van der Waals surface area contributed by atoms with Gasteiger partial charge in [0, 0.05) is 18.9 Å². The first-order valence-electron chi connectivity index (χ1n) is 4.82. The number of nitrogens with zero attached hydrogens (tertiary/aromatic N) is 1. The van der Waals surface area contributed by atoms with Gasteiger partial charge in [0.2, 0.25) is 0 Å². The topological polar surface area (TPSA) is 79.5 Å². The zero-order valence-corrected chi connectivity index (χ0v) is 9.74. The Morgan fingerprint density at radius 3 is 2.19 bits per heavy atom. The second kappa shape index (κ2) is 3.66. The fourth-order valence-corrected chi connectivity index (χ4v) is 1.91. The number of hydrogen-bond donors (Lipinski definition) is 2. The van der Waals surface area contributed by atoms with Crippen LogP contribution in [0, 0.1) is 6.92 Å². The van der Waals surface area contributed by atoms with Crippen LogP contribution in [0.3, 0.4) is 0 Å². The number of carboxylic acids is 2. The number of rotatable bonds is 3. The lowest BCUT2D eigenvalue weighted by Gasteiger charge is -2.21. The predicted molar refractivity (Wildman–Crippen MR) is 57.8 cm³/mol. The van der Waals surface area contributed by atoms with Crippen molar-refractivity contribution in [2.24, 2.45) is 7.05 Å². The third kappa shape index (κ3) is 1.68. The van der Waals surface area contributed by atoms with Gasteiger partial charge >= 0.3 is 11.9 Å². The van der Waals surface area contributed by atoms with Crippen molar-refractivity contribution in [2.75, 3.05) is 0 Å². The molecule has 1 heterocycles. The lowest BCUT2D eigenvalue weighted by atomic mass is 9.86. The van der Waals surface area contributed by atoms with E-state index in [4.69, 9.17) is 10.2 Å². The molecule has 0 saturated carbocycles. The van der Waals surface area contributed by atoms with E-state index < -0.39 is 17.4 Å².